The Kier molecular flexibility index (Phi) is 4.65. The second-order valence-corrected chi connectivity index (χ2v) is 4.22. The summed E-state index contributed by atoms with van der Waals surface area (Å²) >= 11 is 0. The number of pyridine rings is 1. The lowest BCUT2D eigenvalue weighted by Gasteiger charge is -2.17. The van der Waals surface area contributed by atoms with Gasteiger partial charge in [0.2, 0.25) is 11.9 Å². The van der Waals surface area contributed by atoms with Gasteiger partial charge in [-0.25, -0.2) is 0 Å². The molecule has 0 aromatic carbocycles. The van der Waals surface area contributed by atoms with Crippen LogP contribution in [-0.4, -0.2) is 47.7 Å². The summed E-state index contributed by atoms with van der Waals surface area (Å²) in [5.74, 6) is 1.07. The van der Waals surface area contributed by atoms with E-state index in [1.165, 1.54) is 12.7 Å². The van der Waals surface area contributed by atoms with Crippen molar-refractivity contribution in [1.82, 2.24) is 19.9 Å². The molecule has 0 saturated heterocycles. The van der Waals surface area contributed by atoms with Crippen molar-refractivity contribution in [2.24, 2.45) is 0 Å². The first-order valence-corrected chi connectivity index (χ1v) is 6.31. The van der Waals surface area contributed by atoms with Crippen LogP contribution in [0.1, 0.15) is 5.56 Å². The second kappa shape index (κ2) is 6.65. The van der Waals surface area contributed by atoms with Gasteiger partial charge in [-0.3, -0.25) is 4.98 Å². The molecule has 0 fully saturated rings. The number of anilines is 2. The SMILES string of the molecule is CNc1nc(OC)nc(N(C)CCc2ccncc2)n1. The first-order valence-electron chi connectivity index (χ1n) is 6.31. The molecule has 0 radical (unpaired) electrons. The van der Waals surface area contributed by atoms with Crippen LogP contribution in [0.25, 0.3) is 0 Å². The summed E-state index contributed by atoms with van der Waals surface area (Å²) in [6.45, 7) is 0.792. The fourth-order valence-corrected chi connectivity index (χ4v) is 1.67. The summed E-state index contributed by atoms with van der Waals surface area (Å²) in [5, 5.41) is 2.89. The van der Waals surface area contributed by atoms with E-state index in [9.17, 15) is 0 Å². The molecule has 0 atom stereocenters. The van der Waals surface area contributed by atoms with Crippen LogP contribution >= 0.6 is 0 Å². The molecular weight excluding hydrogens is 256 g/mol. The van der Waals surface area contributed by atoms with E-state index in [4.69, 9.17) is 4.74 Å². The molecule has 0 bridgehead atoms. The predicted octanol–water partition coefficient (Wildman–Crippen LogP) is 0.996. The summed E-state index contributed by atoms with van der Waals surface area (Å²) < 4.78 is 5.07. The van der Waals surface area contributed by atoms with Crippen molar-refractivity contribution < 1.29 is 4.74 Å². The minimum atomic E-state index is 0.301. The Bertz CT molecular complexity index is 526. The smallest absolute Gasteiger partial charge is 0.322 e. The van der Waals surface area contributed by atoms with Crippen LogP contribution in [0, 0.1) is 0 Å². The average molecular weight is 274 g/mol. The molecule has 0 aliphatic heterocycles. The molecule has 20 heavy (non-hydrogen) atoms. The topological polar surface area (TPSA) is 76.1 Å². The largest absolute Gasteiger partial charge is 0.467 e. The number of aromatic nitrogens is 4. The van der Waals surface area contributed by atoms with Crippen molar-refractivity contribution >= 4 is 11.9 Å². The van der Waals surface area contributed by atoms with Crippen LogP contribution in [0.15, 0.2) is 24.5 Å². The first-order chi connectivity index (χ1) is 9.72. The van der Waals surface area contributed by atoms with Crippen LogP contribution in [0.4, 0.5) is 11.9 Å². The lowest BCUT2D eigenvalue weighted by atomic mass is 10.2. The van der Waals surface area contributed by atoms with Crippen LogP contribution in [0.5, 0.6) is 6.01 Å². The van der Waals surface area contributed by atoms with Gasteiger partial charge in [-0.05, 0) is 24.1 Å². The van der Waals surface area contributed by atoms with Gasteiger partial charge in [-0.1, -0.05) is 0 Å². The molecule has 2 rings (SSSR count). The average Bonchev–Trinajstić information content (AvgIpc) is 2.52. The number of hydrogen-bond acceptors (Lipinski definition) is 7. The number of methoxy groups -OCH3 is 1. The molecule has 2 aromatic rings. The molecule has 0 unspecified atom stereocenters. The van der Waals surface area contributed by atoms with Crippen molar-refractivity contribution in [2.75, 3.05) is 38.0 Å². The van der Waals surface area contributed by atoms with Crippen LogP contribution < -0.4 is 15.0 Å². The predicted molar refractivity (Wildman–Crippen MR) is 77.1 cm³/mol. The van der Waals surface area contributed by atoms with Crippen molar-refractivity contribution in [3.8, 4) is 6.01 Å². The van der Waals surface area contributed by atoms with E-state index < -0.39 is 0 Å². The highest BCUT2D eigenvalue weighted by Crippen LogP contribution is 2.13. The van der Waals surface area contributed by atoms with E-state index in [0.29, 0.717) is 17.9 Å². The maximum Gasteiger partial charge on any atom is 0.322 e. The minimum absolute atomic E-state index is 0.301. The van der Waals surface area contributed by atoms with Crippen molar-refractivity contribution in [3.63, 3.8) is 0 Å². The van der Waals surface area contributed by atoms with E-state index >= 15 is 0 Å². The van der Waals surface area contributed by atoms with Gasteiger partial charge in [-0.15, -0.1) is 0 Å². The van der Waals surface area contributed by atoms with E-state index in [-0.39, 0.29) is 0 Å². The lowest BCUT2D eigenvalue weighted by Crippen LogP contribution is -2.23. The van der Waals surface area contributed by atoms with E-state index in [2.05, 4.69) is 25.3 Å². The molecule has 0 spiro atoms. The highest BCUT2D eigenvalue weighted by molar-refractivity contribution is 5.37. The minimum Gasteiger partial charge on any atom is -0.467 e. The van der Waals surface area contributed by atoms with Crippen LogP contribution in [0.3, 0.4) is 0 Å². The number of likely N-dealkylation sites (N-methyl/N-ethyl adjacent to an activating group) is 1. The number of rotatable bonds is 6. The number of ether oxygens (including phenoxy) is 1. The van der Waals surface area contributed by atoms with Crippen molar-refractivity contribution in [2.45, 2.75) is 6.42 Å². The number of nitrogens with one attached hydrogen (secondary N) is 1. The Balaban J connectivity index is 2.06. The molecule has 7 heteroatoms. The summed E-state index contributed by atoms with van der Waals surface area (Å²) in [5.41, 5.74) is 1.22. The lowest BCUT2D eigenvalue weighted by molar-refractivity contribution is 0.379. The van der Waals surface area contributed by atoms with Gasteiger partial charge >= 0.3 is 6.01 Å². The number of hydrogen-bond donors (Lipinski definition) is 1. The second-order valence-electron chi connectivity index (χ2n) is 4.22. The monoisotopic (exact) mass is 274 g/mol. The molecular formula is C13H18N6O. The third-order valence-electron chi connectivity index (χ3n) is 2.84. The third kappa shape index (κ3) is 3.53. The Hall–Kier alpha value is -2.44. The Morgan fingerprint density at radius 1 is 1.20 bits per heavy atom. The van der Waals surface area contributed by atoms with Crippen LogP contribution in [0.2, 0.25) is 0 Å². The van der Waals surface area contributed by atoms with Gasteiger partial charge in [0.1, 0.15) is 0 Å². The van der Waals surface area contributed by atoms with E-state index in [1.54, 1.807) is 19.4 Å². The van der Waals surface area contributed by atoms with Gasteiger partial charge in [0.15, 0.2) is 0 Å². The summed E-state index contributed by atoms with van der Waals surface area (Å²) in [6.07, 6.45) is 4.47. The maximum atomic E-state index is 5.07. The molecule has 0 saturated carbocycles. The quantitative estimate of drug-likeness (QED) is 0.842. The highest BCUT2D eigenvalue weighted by Gasteiger charge is 2.10. The van der Waals surface area contributed by atoms with Crippen LogP contribution in [-0.2, 0) is 6.42 Å². The Labute approximate surface area is 118 Å². The molecule has 2 heterocycles. The van der Waals surface area contributed by atoms with Gasteiger partial charge < -0.3 is 15.0 Å². The molecule has 2 aromatic heterocycles. The van der Waals surface area contributed by atoms with Gasteiger partial charge in [0, 0.05) is 33.0 Å². The molecule has 7 nitrogen and oxygen atoms in total. The van der Waals surface area contributed by atoms with Gasteiger partial charge in [-0.2, -0.15) is 15.0 Å². The summed E-state index contributed by atoms with van der Waals surface area (Å²) in [4.78, 5) is 18.6. The Morgan fingerprint density at radius 2 is 1.95 bits per heavy atom. The fraction of sp³-hybridized carbons (Fsp3) is 0.385. The summed E-state index contributed by atoms with van der Waals surface area (Å²) in [7, 11) is 5.24. The maximum absolute atomic E-state index is 5.07. The molecule has 1 N–H and O–H groups in total. The number of nitrogens with zero attached hydrogens (tertiary/aromatic N) is 5. The zero-order valence-electron chi connectivity index (χ0n) is 11.9. The normalized spacial score (nSPS) is 10.2. The fourth-order valence-electron chi connectivity index (χ4n) is 1.67. The molecule has 0 aliphatic rings. The molecule has 0 aliphatic carbocycles. The van der Waals surface area contributed by atoms with Gasteiger partial charge in [0.05, 0.1) is 7.11 Å². The Morgan fingerprint density at radius 3 is 2.60 bits per heavy atom. The highest BCUT2D eigenvalue weighted by atomic mass is 16.5. The molecule has 106 valence electrons. The molecule has 0 amide bonds. The van der Waals surface area contributed by atoms with Crippen molar-refractivity contribution in [1.29, 1.82) is 0 Å². The van der Waals surface area contributed by atoms with E-state index in [1.807, 2.05) is 24.1 Å². The zero-order chi connectivity index (χ0) is 14.4. The standard InChI is InChI=1S/C13H18N6O/c1-14-11-16-12(18-13(17-11)20-3)19(2)9-6-10-4-7-15-8-5-10/h4-5,7-8H,6,9H2,1-3H3,(H,14,16,17,18). The van der Waals surface area contributed by atoms with Gasteiger partial charge in [0.25, 0.3) is 0 Å². The first kappa shape index (κ1) is 14.0. The summed E-state index contributed by atoms with van der Waals surface area (Å²) in [6, 6.07) is 4.30. The van der Waals surface area contributed by atoms with Crippen molar-refractivity contribution in [3.05, 3.63) is 30.1 Å². The zero-order valence-corrected chi connectivity index (χ0v) is 11.9. The third-order valence-corrected chi connectivity index (χ3v) is 2.84. The van der Waals surface area contributed by atoms with E-state index in [0.717, 1.165) is 13.0 Å².